The summed E-state index contributed by atoms with van der Waals surface area (Å²) < 4.78 is 47.6. The molecule has 0 radical (unpaired) electrons. The zero-order chi connectivity index (χ0) is 24.6. The van der Waals surface area contributed by atoms with Crippen molar-refractivity contribution in [2.75, 3.05) is 12.4 Å². The lowest BCUT2D eigenvalue weighted by atomic mass is 9.95. The minimum absolute atomic E-state index is 0.147. The highest BCUT2D eigenvalue weighted by molar-refractivity contribution is 7.16. The van der Waals surface area contributed by atoms with Gasteiger partial charge >= 0.3 is 17.8 Å². The van der Waals surface area contributed by atoms with Crippen molar-refractivity contribution >= 4 is 57.3 Å². The number of alkyl halides is 3. The molecule has 0 aliphatic heterocycles. The van der Waals surface area contributed by atoms with Crippen molar-refractivity contribution in [3.8, 4) is 0 Å². The number of thiophene rings is 1. The molecule has 0 bridgehead atoms. The third kappa shape index (κ3) is 4.75. The molecule has 178 valence electrons. The third-order valence-electron chi connectivity index (χ3n) is 5.11. The van der Waals surface area contributed by atoms with Crippen molar-refractivity contribution in [3.05, 3.63) is 49.8 Å². The second-order valence-electron chi connectivity index (χ2n) is 7.22. The van der Waals surface area contributed by atoms with Crippen molar-refractivity contribution < 1.29 is 32.3 Å². The number of methoxy groups -OCH3 is 1. The summed E-state index contributed by atoms with van der Waals surface area (Å²) in [5.74, 6) is -4.13. The Labute approximate surface area is 200 Å². The number of nitrogens with two attached hydrogens (primary N) is 1. The van der Waals surface area contributed by atoms with Gasteiger partial charge in [0.25, 0.3) is 11.8 Å². The van der Waals surface area contributed by atoms with Crippen LogP contribution >= 0.6 is 34.5 Å². The number of fused-ring (bicyclic) bond motifs is 1. The molecular weight excluding hydrogens is 506 g/mol. The van der Waals surface area contributed by atoms with Crippen molar-refractivity contribution in [2.45, 2.75) is 37.5 Å². The SMILES string of the molecule is COC(=O)C(NC(=O)c1ccc(Cl)cc1Cl)(Nc1sc2c(c1C(N)=O)CCCC2)C(F)(F)F. The zero-order valence-corrected chi connectivity index (χ0v) is 19.4. The number of esters is 1. The van der Waals surface area contributed by atoms with Crippen LogP contribution in [0.3, 0.4) is 0 Å². The van der Waals surface area contributed by atoms with Gasteiger partial charge in [-0.25, -0.2) is 4.79 Å². The lowest BCUT2D eigenvalue weighted by molar-refractivity contribution is -0.203. The summed E-state index contributed by atoms with van der Waals surface area (Å²) in [6.45, 7) is 0. The normalized spacial score (nSPS) is 15.2. The molecule has 1 unspecified atom stereocenters. The number of hydrogen-bond acceptors (Lipinski definition) is 6. The van der Waals surface area contributed by atoms with E-state index < -0.39 is 29.6 Å². The van der Waals surface area contributed by atoms with Crippen LogP contribution in [0.2, 0.25) is 10.0 Å². The predicted molar refractivity (Wildman–Crippen MR) is 118 cm³/mol. The topological polar surface area (TPSA) is 111 Å². The summed E-state index contributed by atoms with van der Waals surface area (Å²) in [4.78, 5) is 38.1. The smallest absolute Gasteiger partial charge is 0.441 e. The van der Waals surface area contributed by atoms with Gasteiger partial charge in [-0.3, -0.25) is 9.59 Å². The van der Waals surface area contributed by atoms with E-state index >= 15 is 0 Å². The zero-order valence-electron chi connectivity index (χ0n) is 17.1. The van der Waals surface area contributed by atoms with Crippen molar-refractivity contribution in [3.63, 3.8) is 0 Å². The number of benzene rings is 1. The first-order chi connectivity index (χ1) is 15.4. The van der Waals surface area contributed by atoms with Gasteiger partial charge in [0.05, 0.1) is 23.3 Å². The van der Waals surface area contributed by atoms with Crippen molar-refractivity contribution in [1.29, 1.82) is 0 Å². The number of carbonyl (C=O) groups excluding carboxylic acids is 3. The number of carbonyl (C=O) groups is 3. The monoisotopic (exact) mass is 523 g/mol. The molecule has 1 aliphatic rings. The van der Waals surface area contributed by atoms with Gasteiger partial charge in [0, 0.05) is 9.90 Å². The molecule has 33 heavy (non-hydrogen) atoms. The first-order valence-corrected chi connectivity index (χ1v) is 11.1. The second kappa shape index (κ2) is 9.40. The van der Waals surface area contributed by atoms with E-state index in [1.165, 1.54) is 6.07 Å². The second-order valence-corrected chi connectivity index (χ2v) is 9.17. The molecule has 1 atom stereocenters. The van der Waals surface area contributed by atoms with Crippen LogP contribution in [-0.4, -0.2) is 36.7 Å². The maximum atomic E-state index is 14.4. The predicted octanol–water partition coefficient (Wildman–Crippen LogP) is 4.31. The first-order valence-electron chi connectivity index (χ1n) is 9.56. The molecule has 13 heteroatoms. The molecule has 2 aromatic rings. The molecule has 0 saturated carbocycles. The summed E-state index contributed by atoms with van der Waals surface area (Å²) in [6, 6.07) is 3.52. The number of ether oxygens (including phenoxy) is 1. The van der Waals surface area contributed by atoms with E-state index in [1.807, 2.05) is 5.32 Å². The summed E-state index contributed by atoms with van der Waals surface area (Å²) in [6.07, 6.45) is -2.87. The molecule has 1 aromatic carbocycles. The Kier molecular flexibility index (Phi) is 7.15. The Morgan fingerprint density at radius 3 is 2.39 bits per heavy atom. The number of halogens is 5. The lowest BCUT2D eigenvalue weighted by Crippen LogP contribution is -2.69. The number of nitrogens with one attached hydrogen (secondary N) is 2. The molecule has 3 rings (SSSR count). The number of primary amides is 1. The van der Waals surface area contributed by atoms with Gasteiger partial charge in [0.1, 0.15) is 5.00 Å². The lowest BCUT2D eigenvalue weighted by Gasteiger charge is -2.34. The van der Waals surface area contributed by atoms with Gasteiger partial charge in [-0.05, 0) is 49.4 Å². The van der Waals surface area contributed by atoms with E-state index in [0.29, 0.717) is 23.3 Å². The van der Waals surface area contributed by atoms with Gasteiger partial charge in [-0.1, -0.05) is 23.2 Å². The summed E-state index contributed by atoms with van der Waals surface area (Å²) in [5.41, 5.74) is 1.75. The van der Waals surface area contributed by atoms with E-state index in [4.69, 9.17) is 28.9 Å². The first kappa shape index (κ1) is 25.1. The van der Waals surface area contributed by atoms with E-state index in [2.05, 4.69) is 4.74 Å². The van der Waals surface area contributed by atoms with Gasteiger partial charge in [-0.2, -0.15) is 13.2 Å². The Morgan fingerprint density at radius 2 is 1.82 bits per heavy atom. The largest absolute Gasteiger partial charge is 0.466 e. The fourth-order valence-electron chi connectivity index (χ4n) is 3.54. The highest BCUT2D eigenvalue weighted by atomic mass is 35.5. The minimum Gasteiger partial charge on any atom is -0.466 e. The van der Waals surface area contributed by atoms with Crippen molar-refractivity contribution in [2.24, 2.45) is 5.73 Å². The van der Waals surface area contributed by atoms with E-state index in [0.717, 1.165) is 43.4 Å². The fraction of sp³-hybridized carbons (Fsp3) is 0.350. The fourth-order valence-corrected chi connectivity index (χ4v) is 5.38. The summed E-state index contributed by atoms with van der Waals surface area (Å²) in [7, 11) is 0.736. The number of amides is 2. The maximum absolute atomic E-state index is 14.4. The quantitative estimate of drug-likeness (QED) is 0.386. The highest BCUT2D eigenvalue weighted by Crippen LogP contribution is 2.42. The molecule has 1 heterocycles. The Hall–Kier alpha value is -2.50. The van der Waals surface area contributed by atoms with Crippen LogP contribution in [0.25, 0.3) is 0 Å². The molecule has 7 nitrogen and oxygen atoms in total. The average Bonchev–Trinajstić information content (AvgIpc) is 3.09. The molecule has 0 fully saturated rings. The molecule has 4 N–H and O–H groups in total. The van der Waals surface area contributed by atoms with Gasteiger partial charge in [0.2, 0.25) is 0 Å². The number of rotatable bonds is 6. The number of anilines is 1. The minimum atomic E-state index is -5.39. The van der Waals surface area contributed by atoms with Crippen LogP contribution in [-0.2, 0) is 22.4 Å². The Balaban J connectivity index is 2.13. The molecule has 1 aliphatic carbocycles. The van der Waals surface area contributed by atoms with E-state index in [-0.39, 0.29) is 26.2 Å². The number of aryl methyl sites for hydroxylation is 1. The summed E-state index contributed by atoms with van der Waals surface area (Å²) >= 11 is 12.6. The van der Waals surface area contributed by atoms with Gasteiger partial charge in [-0.15, -0.1) is 11.3 Å². The van der Waals surface area contributed by atoms with Crippen LogP contribution in [0.5, 0.6) is 0 Å². The molecule has 1 aromatic heterocycles. The number of hydrogen-bond donors (Lipinski definition) is 3. The molecule has 0 saturated heterocycles. The maximum Gasteiger partial charge on any atom is 0.441 e. The molecular formula is C20H18Cl2F3N3O4S. The van der Waals surface area contributed by atoms with Crippen molar-refractivity contribution in [1.82, 2.24) is 5.32 Å². The van der Waals surface area contributed by atoms with E-state index in [9.17, 15) is 27.6 Å². The summed E-state index contributed by atoms with van der Waals surface area (Å²) in [5, 5.41) is 3.34. The van der Waals surface area contributed by atoms with Gasteiger partial charge < -0.3 is 21.1 Å². The van der Waals surface area contributed by atoms with Crippen LogP contribution in [0.15, 0.2) is 18.2 Å². The van der Waals surface area contributed by atoms with E-state index in [1.54, 1.807) is 5.32 Å². The van der Waals surface area contributed by atoms with Crippen LogP contribution < -0.4 is 16.4 Å². The highest BCUT2D eigenvalue weighted by Gasteiger charge is 2.64. The van der Waals surface area contributed by atoms with Crippen LogP contribution in [0.1, 0.15) is 44.0 Å². The third-order valence-corrected chi connectivity index (χ3v) is 6.87. The van der Waals surface area contributed by atoms with Gasteiger partial charge in [0.15, 0.2) is 0 Å². The molecule has 2 amide bonds. The van der Waals surface area contributed by atoms with Crippen LogP contribution in [0, 0.1) is 0 Å². The van der Waals surface area contributed by atoms with Crippen LogP contribution in [0.4, 0.5) is 18.2 Å². The Morgan fingerprint density at radius 1 is 1.15 bits per heavy atom. The average molecular weight is 524 g/mol. The standard InChI is InChI=1S/C20H18Cl2F3N3O4S/c1-32-18(31)19(20(23,24)25,27-16(30)10-7-6-9(21)8-12(10)22)28-17-14(15(26)29)11-4-2-3-5-13(11)33-17/h6-8,28H,2-5H2,1H3,(H2,26,29)(H,27,30). The molecule has 0 spiro atoms. The Bertz CT molecular complexity index is 1120.